The lowest BCUT2D eigenvalue weighted by atomic mass is 10.1. The number of rotatable bonds is 5. The Morgan fingerprint density at radius 3 is 2.68 bits per heavy atom. The van der Waals surface area contributed by atoms with Gasteiger partial charge in [0.05, 0.1) is 6.61 Å². The van der Waals surface area contributed by atoms with Gasteiger partial charge in [0.2, 0.25) is 0 Å². The molecule has 2 N–H and O–H groups in total. The number of urea groups is 1. The largest absolute Gasteiger partial charge is 0.395 e. The second-order valence-electron chi connectivity index (χ2n) is 5.46. The molecule has 102 valence electrons. The number of aliphatic hydroxyl groups excluding tert-OH is 1. The maximum Gasteiger partial charge on any atom is 0.317 e. The maximum atomic E-state index is 12.1. The number of nitrogens with one attached hydrogen (secondary N) is 1. The second-order valence-corrected chi connectivity index (χ2v) is 5.46. The molecule has 0 saturated heterocycles. The Balaban J connectivity index is 1.54. The van der Waals surface area contributed by atoms with Crippen LogP contribution < -0.4 is 5.32 Å². The molecule has 2 atom stereocenters. The van der Waals surface area contributed by atoms with E-state index in [9.17, 15) is 4.79 Å². The van der Waals surface area contributed by atoms with E-state index >= 15 is 0 Å². The number of amides is 2. The van der Waals surface area contributed by atoms with E-state index in [0.29, 0.717) is 18.5 Å². The Morgan fingerprint density at radius 1 is 1.32 bits per heavy atom. The zero-order valence-corrected chi connectivity index (χ0v) is 11.0. The van der Waals surface area contributed by atoms with Crippen LogP contribution in [0.25, 0.3) is 0 Å². The fourth-order valence-corrected chi connectivity index (χ4v) is 2.61. The molecule has 4 nitrogen and oxygen atoms in total. The van der Waals surface area contributed by atoms with Crippen molar-refractivity contribution in [1.29, 1.82) is 0 Å². The van der Waals surface area contributed by atoms with Crippen molar-refractivity contribution in [3.8, 4) is 0 Å². The summed E-state index contributed by atoms with van der Waals surface area (Å²) in [6.45, 7) is 0.482. The molecule has 0 heterocycles. The molecule has 2 aliphatic rings. The number of hydrogen-bond donors (Lipinski definition) is 2. The van der Waals surface area contributed by atoms with Gasteiger partial charge in [-0.15, -0.1) is 0 Å². The zero-order valence-electron chi connectivity index (χ0n) is 11.0. The van der Waals surface area contributed by atoms with Gasteiger partial charge in [-0.2, -0.15) is 0 Å². The molecular formula is C15H20N2O2. The fraction of sp³-hybridized carbons (Fsp3) is 0.533. The predicted molar refractivity (Wildman–Crippen MR) is 72.9 cm³/mol. The maximum absolute atomic E-state index is 12.1. The van der Waals surface area contributed by atoms with Gasteiger partial charge in [0, 0.05) is 24.5 Å². The standard InChI is InChI=1S/C15H20N2O2/c18-9-8-17(12-6-7-12)15(19)16-14-10-13(14)11-4-2-1-3-5-11/h1-5,12-14,18H,6-10H2,(H,16,19)/t13-,14-/m1/s1. The molecule has 1 aromatic rings. The van der Waals surface area contributed by atoms with Crippen molar-refractivity contribution < 1.29 is 9.90 Å². The van der Waals surface area contributed by atoms with Gasteiger partial charge in [-0.25, -0.2) is 4.79 Å². The SMILES string of the molecule is O=C(N[C@@H]1C[C@@H]1c1ccccc1)N(CCO)C1CC1. The van der Waals surface area contributed by atoms with Gasteiger partial charge in [0.15, 0.2) is 0 Å². The quantitative estimate of drug-likeness (QED) is 0.846. The normalized spacial score (nSPS) is 24.9. The van der Waals surface area contributed by atoms with Gasteiger partial charge in [-0.05, 0) is 24.8 Å². The van der Waals surface area contributed by atoms with Crippen LogP contribution in [0.15, 0.2) is 30.3 Å². The Bertz CT molecular complexity index is 445. The fourth-order valence-electron chi connectivity index (χ4n) is 2.61. The lowest BCUT2D eigenvalue weighted by Crippen LogP contribution is -2.44. The van der Waals surface area contributed by atoms with Crippen LogP contribution in [0.5, 0.6) is 0 Å². The summed E-state index contributed by atoms with van der Waals surface area (Å²) in [6.07, 6.45) is 3.16. The highest BCUT2D eigenvalue weighted by Crippen LogP contribution is 2.41. The van der Waals surface area contributed by atoms with Crippen molar-refractivity contribution in [1.82, 2.24) is 10.2 Å². The minimum absolute atomic E-state index is 0.0139. The minimum atomic E-state index is -0.0139. The summed E-state index contributed by atoms with van der Waals surface area (Å²) in [5.74, 6) is 0.459. The predicted octanol–water partition coefficient (Wildman–Crippen LogP) is 1.71. The van der Waals surface area contributed by atoms with Crippen LogP contribution in [-0.2, 0) is 0 Å². The average Bonchev–Trinajstić information content (AvgIpc) is 3.31. The first-order chi connectivity index (χ1) is 9.29. The number of carbonyl (C=O) groups excluding carboxylic acids is 1. The zero-order chi connectivity index (χ0) is 13.2. The second kappa shape index (κ2) is 5.21. The van der Waals surface area contributed by atoms with Crippen LogP contribution in [0.4, 0.5) is 4.79 Å². The Hall–Kier alpha value is -1.55. The molecule has 1 aromatic carbocycles. The van der Waals surface area contributed by atoms with E-state index < -0.39 is 0 Å². The van der Waals surface area contributed by atoms with Gasteiger partial charge in [-0.1, -0.05) is 30.3 Å². The molecule has 2 aliphatic carbocycles. The summed E-state index contributed by atoms with van der Waals surface area (Å²) in [5.41, 5.74) is 1.30. The molecule has 0 radical (unpaired) electrons. The molecule has 0 spiro atoms. The summed E-state index contributed by atoms with van der Waals surface area (Å²) in [6, 6.07) is 10.9. The van der Waals surface area contributed by atoms with Crippen LogP contribution in [-0.4, -0.2) is 41.3 Å². The molecule has 3 rings (SSSR count). The summed E-state index contributed by atoms with van der Waals surface area (Å²) in [4.78, 5) is 13.9. The van der Waals surface area contributed by atoms with Crippen LogP contribution in [0.1, 0.15) is 30.7 Å². The summed E-state index contributed by atoms with van der Waals surface area (Å²) in [5, 5.41) is 12.1. The summed E-state index contributed by atoms with van der Waals surface area (Å²) >= 11 is 0. The number of nitrogens with zero attached hydrogens (tertiary/aromatic N) is 1. The molecule has 2 amide bonds. The van der Waals surface area contributed by atoms with Gasteiger partial charge in [0.25, 0.3) is 0 Å². The number of aliphatic hydroxyl groups is 1. The Labute approximate surface area is 113 Å². The van der Waals surface area contributed by atoms with E-state index in [1.54, 1.807) is 4.90 Å². The monoisotopic (exact) mass is 260 g/mol. The van der Waals surface area contributed by atoms with Gasteiger partial charge >= 0.3 is 6.03 Å². The Morgan fingerprint density at radius 2 is 2.05 bits per heavy atom. The minimum Gasteiger partial charge on any atom is -0.395 e. The Kier molecular flexibility index (Phi) is 3.42. The van der Waals surface area contributed by atoms with Crippen LogP contribution >= 0.6 is 0 Å². The molecule has 0 aliphatic heterocycles. The average molecular weight is 260 g/mol. The van der Waals surface area contributed by atoms with E-state index in [-0.39, 0.29) is 18.7 Å². The van der Waals surface area contributed by atoms with E-state index in [2.05, 4.69) is 17.4 Å². The van der Waals surface area contributed by atoms with Crippen LogP contribution in [0.2, 0.25) is 0 Å². The van der Waals surface area contributed by atoms with Gasteiger partial charge in [-0.3, -0.25) is 0 Å². The van der Waals surface area contributed by atoms with Crippen molar-refractivity contribution in [2.75, 3.05) is 13.2 Å². The molecule has 0 aromatic heterocycles. The molecule has 0 bridgehead atoms. The third kappa shape index (κ3) is 2.89. The van der Waals surface area contributed by atoms with E-state index in [1.165, 1.54) is 5.56 Å². The third-order valence-electron chi connectivity index (χ3n) is 3.92. The highest BCUT2D eigenvalue weighted by Gasteiger charge is 2.41. The van der Waals surface area contributed by atoms with Gasteiger partial charge < -0.3 is 15.3 Å². The molecule has 0 unspecified atom stereocenters. The summed E-state index contributed by atoms with van der Waals surface area (Å²) < 4.78 is 0. The van der Waals surface area contributed by atoms with Crippen molar-refractivity contribution in [3.63, 3.8) is 0 Å². The smallest absolute Gasteiger partial charge is 0.317 e. The molecule has 4 heteroatoms. The van der Waals surface area contributed by atoms with Crippen molar-refractivity contribution >= 4 is 6.03 Å². The molecular weight excluding hydrogens is 240 g/mol. The van der Waals surface area contributed by atoms with Crippen molar-refractivity contribution in [2.24, 2.45) is 0 Å². The topological polar surface area (TPSA) is 52.6 Å². The first-order valence-electron chi connectivity index (χ1n) is 7.02. The molecule has 19 heavy (non-hydrogen) atoms. The number of carbonyl (C=O) groups is 1. The van der Waals surface area contributed by atoms with E-state index in [4.69, 9.17) is 5.11 Å². The number of hydrogen-bond acceptors (Lipinski definition) is 2. The number of benzene rings is 1. The lowest BCUT2D eigenvalue weighted by molar-refractivity contribution is 0.173. The molecule has 2 fully saturated rings. The van der Waals surface area contributed by atoms with Gasteiger partial charge in [0.1, 0.15) is 0 Å². The van der Waals surface area contributed by atoms with Crippen molar-refractivity contribution in [2.45, 2.75) is 37.3 Å². The lowest BCUT2D eigenvalue weighted by Gasteiger charge is -2.21. The third-order valence-corrected chi connectivity index (χ3v) is 3.92. The van der Waals surface area contributed by atoms with Crippen LogP contribution in [0, 0.1) is 0 Å². The first-order valence-corrected chi connectivity index (χ1v) is 7.02. The highest BCUT2D eigenvalue weighted by atomic mass is 16.3. The molecule has 2 saturated carbocycles. The van der Waals surface area contributed by atoms with Crippen molar-refractivity contribution in [3.05, 3.63) is 35.9 Å². The van der Waals surface area contributed by atoms with Crippen LogP contribution in [0.3, 0.4) is 0 Å². The highest BCUT2D eigenvalue weighted by molar-refractivity contribution is 5.76. The summed E-state index contributed by atoms with van der Waals surface area (Å²) in [7, 11) is 0. The first kappa shape index (κ1) is 12.5. The van der Waals surface area contributed by atoms with E-state index in [1.807, 2.05) is 18.2 Å². The van der Waals surface area contributed by atoms with E-state index in [0.717, 1.165) is 19.3 Å².